The molecular formula is C15H20N2O4. The van der Waals surface area contributed by atoms with Crippen molar-refractivity contribution < 1.29 is 19.1 Å². The van der Waals surface area contributed by atoms with Crippen LogP contribution in [0.5, 0.6) is 0 Å². The number of nitrogens with one attached hydrogen (secondary N) is 1. The number of hydrogen-bond donors (Lipinski definition) is 1. The molecule has 1 N–H and O–H groups in total. The Balaban J connectivity index is 1.60. The molecule has 0 aromatic heterocycles. The molecule has 1 heterocycles. The minimum Gasteiger partial charge on any atom is -0.461 e. The van der Waals surface area contributed by atoms with Crippen molar-refractivity contribution in [2.24, 2.45) is 0 Å². The third-order valence-corrected chi connectivity index (χ3v) is 3.09. The van der Waals surface area contributed by atoms with Crippen LogP contribution in [0.1, 0.15) is 18.4 Å². The van der Waals surface area contributed by atoms with Crippen molar-refractivity contribution in [2.75, 3.05) is 26.3 Å². The van der Waals surface area contributed by atoms with Gasteiger partial charge in [0.25, 0.3) is 0 Å². The number of nitrogens with zero attached hydrogens (tertiary/aromatic N) is 1. The van der Waals surface area contributed by atoms with E-state index in [1.807, 2.05) is 30.3 Å². The Kier molecular flexibility index (Phi) is 6.18. The molecule has 0 bridgehead atoms. The Morgan fingerprint density at radius 1 is 1.14 bits per heavy atom. The van der Waals surface area contributed by atoms with Crippen LogP contribution >= 0.6 is 0 Å². The molecule has 6 nitrogen and oxygen atoms in total. The van der Waals surface area contributed by atoms with Crippen LogP contribution in [0.3, 0.4) is 0 Å². The first kappa shape index (κ1) is 15.5. The quantitative estimate of drug-likeness (QED) is 0.788. The highest BCUT2D eigenvalue weighted by Crippen LogP contribution is 2.03. The molecule has 0 aliphatic carbocycles. The van der Waals surface area contributed by atoms with Gasteiger partial charge in [0.15, 0.2) is 0 Å². The summed E-state index contributed by atoms with van der Waals surface area (Å²) < 4.78 is 10.3. The Bertz CT molecular complexity index is 458. The number of hydrogen-bond acceptors (Lipinski definition) is 5. The number of esters is 1. The summed E-state index contributed by atoms with van der Waals surface area (Å²) in [7, 11) is 0. The van der Waals surface area contributed by atoms with Gasteiger partial charge in [0.1, 0.15) is 6.61 Å². The van der Waals surface area contributed by atoms with Crippen molar-refractivity contribution in [2.45, 2.75) is 19.4 Å². The molecule has 1 aliphatic heterocycles. The minimum absolute atomic E-state index is 0.0863. The maximum absolute atomic E-state index is 11.7. The molecule has 6 heteroatoms. The lowest BCUT2D eigenvalue weighted by atomic mass is 10.2. The second-order valence-corrected chi connectivity index (χ2v) is 4.78. The fraction of sp³-hybridized carbons (Fsp3) is 0.467. The zero-order valence-electron chi connectivity index (χ0n) is 11.9. The molecule has 0 unspecified atom stereocenters. The molecule has 2 rings (SSSR count). The molecule has 21 heavy (non-hydrogen) atoms. The van der Waals surface area contributed by atoms with Crippen LogP contribution in [0, 0.1) is 0 Å². The van der Waals surface area contributed by atoms with Crippen LogP contribution in [-0.2, 0) is 25.7 Å². The van der Waals surface area contributed by atoms with E-state index in [9.17, 15) is 9.59 Å². The number of carbonyl (C=O) groups excluding carboxylic acids is 2. The number of morpholine rings is 1. The minimum atomic E-state index is -0.365. The van der Waals surface area contributed by atoms with Crippen molar-refractivity contribution in [3.8, 4) is 0 Å². The highest BCUT2D eigenvalue weighted by molar-refractivity contribution is 5.80. The topological polar surface area (TPSA) is 67.9 Å². The van der Waals surface area contributed by atoms with Gasteiger partial charge in [-0.05, 0) is 5.56 Å². The third kappa shape index (κ3) is 5.93. The summed E-state index contributed by atoms with van der Waals surface area (Å²) >= 11 is 0. The van der Waals surface area contributed by atoms with E-state index in [-0.39, 0.29) is 31.3 Å². The van der Waals surface area contributed by atoms with Crippen LogP contribution < -0.4 is 5.43 Å². The van der Waals surface area contributed by atoms with Gasteiger partial charge in [-0.15, -0.1) is 0 Å². The molecular weight excluding hydrogens is 272 g/mol. The Morgan fingerprint density at radius 2 is 1.86 bits per heavy atom. The summed E-state index contributed by atoms with van der Waals surface area (Å²) in [6.45, 7) is 2.80. The summed E-state index contributed by atoms with van der Waals surface area (Å²) in [5, 5.41) is 1.81. The Morgan fingerprint density at radius 3 is 2.57 bits per heavy atom. The first-order valence-corrected chi connectivity index (χ1v) is 7.06. The van der Waals surface area contributed by atoms with E-state index in [1.165, 1.54) is 0 Å². The monoisotopic (exact) mass is 292 g/mol. The third-order valence-electron chi connectivity index (χ3n) is 3.09. The molecule has 0 saturated carbocycles. The summed E-state index contributed by atoms with van der Waals surface area (Å²) in [5.74, 6) is -0.537. The summed E-state index contributed by atoms with van der Waals surface area (Å²) in [4.78, 5) is 23.3. The van der Waals surface area contributed by atoms with E-state index in [0.717, 1.165) is 5.56 Å². The van der Waals surface area contributed by atoms with Gasteiger partial charge in [0, 0.05) is 19.5 Å². The van der Waals surface area contributed by atoms with Crippen LogP contribution in [-0.4, -0.2) is 43.2 Å². The zero-order valence-corrected chi connectivity index (χ0v) is 11.9. The number of carbonyl (C=O) groups is 2. The highest BCUT2D eigenvalue weighted by Gasteiger charge is 2.14. The summed E-state index contributed by atoms with van der Waals surface area (Å²) in [5.41, 5.74) is 3.69. The van der Waals surface area contributed by atoms with Gasteiger partial charge >= 0.3 is 5.97 Å². The molecule has 1 aromatic rings. The lowest BCUT2D eigenvalue weighted by Crippen LogP contribution is -2.48. The van der Waals surface area contributed by atoms with E-state index in [0.29, 0.717) is 26.3 Å². The Labute approximate surface area is 124 Å². The highest BCUT2D eigenvalue weighted by atomic mass is 16.5. The molecule has 1 aliphatic rings. The van der Waals surface area contributed by atoms with Gasteiger partial charge in [-0.25, -0.2) is 5.01 Å². The fourth-order valence-corrected chi connectivity index (χ4v) is 1.93. The predicted molar refractivity (Wildman–Crippen MR) is 76.0 cm³/mol. The van der Waals surface area contributed by atoms with Crippen molar-refractivity contribution >= 4 is 11.9 Å². The molecule has 114 valence electrons. The normalized spacial score (nSPS) is 15.4. The number of amides is 1. The van der Waals surface area contributed by atoms with E-state index in [2.05, 4.69) is 5.43 Å². The van der Waals surface area contributed by atoms with Gasteiger partial charge in [-0.1, -0.05) is 30.3 Å². The SMILES string of the molecule is O=C(CCC(=O)OCc1ccccc1)NN1CCOCC1. The molecule has 0 radical (unpaired) electrons. The molecule has 0 spiro atoms. The number of benzene rings is 1. The van der Waals surface area contributed by atoms with Gasteiger partial charge in [-0.2, -0.15) is 0 Å². The van der Waals surface area contributed by atoms with Gasteiger partial charge in [-0.3, -0.25) is 15.0 Å². The summed E-state index contributed by atoms with van der Waals surface area (Å²) in [6, 6.07) is 9.45. The van der Waals surface area contributed by atoms with E-state index >= 15 is 0 Å². The number of hydrazine groups is 1. The first-order chi connectivity index (χ1) is 10.2. The van der Waals surface area contributed by atoms with Crippen molar-refractivity contribution in [3.05, 3.63) is 35.9 Å². The lowest BCUT2D eigenvalue weighted by molar-refractivity contribution is -0.146. The standard InChI is InChI=1S/C15H20N2O4/c18-14(16-17-8-10-20-11-9-17)6-7-15(19)21-12-13-4-2-1-3-5-13/h1-5H,6-12H2,(H,16,18). The van der Waals surface area contributed by atoms with Crippen LogP contribution in [0.2, 0.25) is 0 Å². The molecule has 1 amide bonds. The smallest absolute Gasteiger partial charge is 0.306 e. The second kappa shape index (κ2) is 8.39. The van der Waals surface area contributed by atoms with E-state index in [4.69, 9.17) is 9.47 Å². The van der Waals surface area contributed by atoms with Gasteiger partial charge in [0.2, 0.25) is 5.91 Å². The largest absolute Gasteiger partial charge is 0.461 e. The number of rotatable bonds is 6. The van der Waals surface area contributed by atoms with Crippen molar-refractivity contribution in [1.82, 2.24) is 10.4 Å². The van der Waals surface area contributed by atoms with Crippen LogP contribution in [0.15, 0.2) is 30.3 Å². The molecule has 1 aromatic carbocycles. The fourth-order valence-electron chi connectivity index (χ4n) is 1.93. The maximum atomic E-state index is 11.7. The molecule has 1 saturated heterocycles. The first-order valence-electron chi connectivity index (χ1n) is 7.06. The van der Waals surface area contributed by atoms with Gasteiger partial charge < -0.3 is 9.47 Å². The average Bonchev–Trinajstić information content (AvgIpc) is 2.53. The average molecular weight is 292 g/mol. The maximum Gasteiger partial charge on any atom is 0.306 e. The van der Waals surface area contributed by atoms with Gasteiger partial charge in [0.05, 0.1) is 19.6 Å². The summed E-state index contributed by atoms with van der Waals surface area (Å²) in [6.07, 6.45) is 0.216. The van der Waals surface area contributed by atoms with Crippen molar-refractivity contribution in [3.63, 3.8) is 0 Å². The lowest BCUT2D eigenvalue weighted by Gasteiger charge is -2.26. The van der Waals surface area contributed by atoms with Crippen LogP contribution in [0.4, 0.5) is 0 Å². The van der Waals surface area contributed by atoms with E-state index in [1.54, 1.807) is 5.01 Å². The molecule has 0 atom stereocenters. The van der Waals surface area contributed by atoms with Crippen LogP contribution in [0.25, 0.3) is 0 Å². The predicted octanol–water partition coefficient (Wildman–Crippen LogP) is 0.873. The second-order valence-electron chi connectivity index (χ2n) is 4.78. The Hall–Kier alpha value is -1.92. The zero-order chi connectivity index (χ0) is 14.9. The molecule has 1 fully saturated rings. The number of ether oxygens (including phenoxy) is 2. The van der Waals surface area contributed by atoms with E-state index < -0.39 is 0 Å². The van der Waals surface area contributed by atoms with Crippen molar-refractivity contribution in [1.29, 1.82) is 0 Å².